The summed E-state index contributed by atoms with van der Waals surface area (Å²) in [7, 11) is 0. The fourth-order valence-corrected chi connectivity index (χ4v) is 2.61. The molecule has 0 heterocycles. The first-order chi connectivity index (χ1) is 12.1. The molecule has 0 radical (unpaired) electrons. The number of hydrogen-bond donors (Lipinski definition) is 0. The number of carbonyl (C=O) groups excluding carboxylic acids is 1. The number of esters is 1. The summed E-state index contributed by atoms with van der Waals surface area (Å²) >= 11 is 0. The van der Waals surface area contributed by atoms with Crippen LogP contribution < -0.4 is 4.74 Å². The van der Waals surface area contributed by atoms with Crippen molar-refractivity contribution in [3.63, 3.8) is 0 Å². The third-order valence-corrected chi connectivity index (χ3v) is 3.90. The van der Waals surface area contributed by atoms with Gasteiger partial charge in [0.05, 0.1) is 5.56 Å². The Balaban J connectivity index is 1.99. The average molecular weight is 344 g/mol. The van der Waals surface area contributed by atoms with E-state index in [-0.39, 0.29) is 24.0 Å². The standard InChI is InChI=1S/C21H25FO3/c1-3-8-18(9-4-2)25-21(23)17-12-13-20(19(22)14-17)24-15-16-10-6-5-7-11-16/h5-7,10-14,18H,3-4,8-9,15H2,1-2H3. The van der Waals surface area contributed by atoms with Crippen molar-refractivity contribution in [2.75, 3.05) is 0 Å². The van der Waals surface area contributed by atoms with Gasteiger partial charge in [-0.1, -0.05) is 57.0 Å². The monoisotopic (exact) mass is 344 g/mol. The van der Waals surface area contributed by atoms with Crippen molar-refractivity contribution in [3.05, 3.63) is 65.5 Å². The third-order valence-electron chi connectivity index (χ3n) is 3.90. The van der Waals surface area contributed by atoms with Crippen LogP contribution in [-0.2, 0) is 11.3 Å². The van der Waals surface area contributed by atoms with Crippen LogP contribution in [0.25, 0.3) is 0 Å². The molecule has 0 saturated carbocycles. The molecule has 3 nitrogen and oxygen atoms in total. The van der Waals surface area contributed by atoms with Crippen LogP contribution in [0.1, 0.15) is 55.5 Å². The maximum Gasteiger partial charge on any atom is 0.338 e. The average Bonchev–Trinajstić information content (AvgIpc) is 2.62. The SMILES string of the molecule is CCCC(CCC)OC(=O)c1ccc(OCc2ccccc2)c(F)c1. The van der Waals surface area contributed by atoms with Crippen molar-refractivity contribution >= 4 is 5.97 Å². The largest absolute Gasteiger partial charge is 0.486 e. The molecule has 0 aliphatic rings. The number of carbonyl (C=O) groups is 1. The van der Waals surface area contributed by atoms with Crippen LogP contribution in [0.4, 0.5) is 4.39 Å². The molecule has 0 aliphatic heterocycles. The van der Waals surface area contributed by atoms with Gasteiger partial charge < -0.3 is 9.47 Å². The van der Waals surface area contributed by atoms with Gasteiger partial charge in [0.2, 0.25) is 0 Å². The van der Waals surface area contributed by atoms with E-state index >= 15 is 0 Å². The maximum atomic E-state index is 14.2. The highest BCUT2D eigenvalue weighted by molar-refractivity contribution is 5.89. The molecule has 0 atom stereocenters. The van der Waals surface area contributed by atoms with Gasteiger partial charge in [-0.2, -0.15) is 0 Å². The third kappa shape index (κ3) is 5.89. The van der Waals surface area contributed by atoms with E-state index in [1.165, 1.54) is 12.1 Å². The molecule has 0 amide bonds. The van der Waals surface area contributed by atoms with E-state index in [1.807, 2.05) is 30.3 Å². The Morgan fingerprint density at radius 1 is 1.04 bits per heavy atom. The van der Waals surface area contributed by atoms with Crippen molar-refractivity contribution in [2.24, 2.45) is 0 Å². The van der Waals surface area contributed by atoms with E-state index in [1.54, 1.807) is 6.07 Å². The van der Waals surface area contributed by atoms with Crippen molar-refractivity contribution in [3.8, 4) is 5.75 Å². The quantitative estimate of drug-likeness (QED) is 0.561. The fourth-order valence-electron chi connectivity index (χ4n) is 2.61. The number of hydrogen-bond acceptors (Lipinski definition) is 3. The summed E-state index contributed by atoms with van der Waals surface area (Å²) in [5.74, 6) is -0.924. The first kappa shape index (κ1) is 19.0. The molecule has 4 heteroatoms. The minimum atomic E-state index is -0.562. The van der Waals surface area contributed by atoms with Gasteiger partial charge in [-0.25, -0.2) is 9.18 Å². The van der Waals surface area contributed by atoms with Crippen molar-refractivity contribution in [1.82, 2.24) is 0 Å². The Bertz CT molecular complexity index is 664. The molecule has 0 aliphatic carbocycles. The van der Waals surface area contributed by atoms with Crippen LogP contribution >= 0.6 is 0 Å². The van der Waals surface area contributed by atoms with Crippen LogP contribution in [0.15, 0.2) is 48.5 Å². The molecule has 0 aromatic heterocycles. The lowest BCUT2D eigenvalue weighted by Crippen LogP contribution is -2.18. The molecule has 0 saturated heterocycles. The Morgan fingerprint density at radius 3 is 2.32 bits per heavy atom. The molecule has 0 spiro atoms. The second kappa shape index (κ2) is 9.82. The van der Waals surface area contributed by atoms with Gasteiger partial charge in [0.1, 0.15) is 12.7 Å². The Hall–Kier alpha value is -2.36. The highest BCUT2D eigenvalue weighted by Crippen LogP contribution is 2.21. The molecule has 0 N–H and O–H groups in total. The molecular weight excluding hydrogens is 319 g/mol. The number of ether oxygens (including phenoxy) is 2. The molecule has 25 heavy (non-hydrogen) atoms. The first-order valence-electron chi connectivity index (χ1n) is 8.81. The predicted molar refractivity (Wildman–Crippen MR) is 96.2 cm³/mol. The number of halogens is 1. The van der Waals surface area contributed by atoms with Crippen molar-refractivity contribution in [1.29, 1.82) is 0 Å². The van der Waals surface area contributed by atoms with Gasteiger partial charge in [-0.3, -0.25) is 0 Å². The zero-order valence-electron chi connectivity index (χ0n) is 14.8. The highest BCUT2D eigenvalue weighted by atomic mass is 19.1. The first-order valence-corrected chi connectivity index (χ1v) is 8.81. The Labute approximate surface area is 148 Å². The molecule has 0 unspecified atom stereocenters. The summed E-state index contributed by atoms with van der Waals surface area (Å²) in [4.78, 5) is 12.2. The van der Waals surface area contributed by atoms with Gasteiger partial charge in [-0.05, 0) is 36.6 Å². The van der Waals surface area contributed by atoms with Crippen LogP contribution in [-0.4, -0.2) is 12.1 Å². The summed E-state index contributed by atoms with van der Waals surface area (Å²) in [6, 6.07) is 13.7. The Morgan fingerprint density at radius 2 is 1.72 bits per heavy atom. The molecular formula is C21H25FO3. The van der Waals surface area contributed by atoms with E-state index in [4.69, 9.17) is 9.47 Å². The van der Waals surface area contributed by atoms with Gasteiger partial charge in [-0.15, -0.1) is 0 Å². The summed E-state index contributed by atoms with van der Waals surface area (Å²) in [5.41, 5.74) is 1.16. The second-order valence-corrected chi connectivity index (χ2v) is 6.02. The summed E-state index contributed by atoms with van der Waals surface area (Å²) < 4.78 is 25.2. The van der Waals surface area contributed by atoms with E-state index in [2.05, 4.69) is 13.8 Å². The lowest BCUT2D eigenvalue weighted by Gasteiger charge is -2.16. The Kier molecular flexibility index (Phi) is 7.45. The normalized spacial score (nSPS) is 10.7. The van der Waals surface area contributed by atoms with E-state index in [0.717, 1.165) is 31.2 Å². The van der Waals surface area contributed by atoms with Crippen LogP contribution in [0.2, 0.25) is 0 Å². The topological polar surface area (TPSA) is 35.5 Å². The summed E-state index contributed by atoms with van der Waals surface area (Å²) in [5, 5.41) is 0. The molecule has 2 aromatic carbocycles. The number of benzene rings is 2. The van der Waals surface area contributed by atoms with Gasteiger partial charge >= 0.3 is 5.97 Å². The molecule has 0 bridgehead atoms. The zero-order chi connectivity index (χ0) is 18.1. The molecule has 2 aromatic rings. The lowest BCUT2D eigenvalue weighted by atomic mass is 10.1. The van der Waals surface area contributed by atoms with Crippen LogP contribution in [0.5, 0.6) is 5.75 Å². The van der Waals surface area contributed by atoms with Crippen molar-refractivity contribution in [2.45, 2.75) is 52.2 Å². The zero-order valence-corrected chi connectivity index (χ0v) is 14.8. The fraction of sp³-hybridized carbons (Fsp3) is 0.381. The van der Waals surface area contributed by atoms with E-state index in [9.17, 15) is 9.18 Å². The molecule has 0 fully saturated rings. The maximum absolute atomic E-state index is 14.2. The smallest absolute Gasteiger partial charge is 0.338 e. The van der Waals surface area contributed by atoms with E-state index < -0.39 is 11.8 Å². The second-order valence-electron chi connectivity index (χ2n) is 6.02. The van der Waals surface area contributed by atoms with Crippen molar-refractivity contribution < 1.29 is 18.7 Å². The summed E-state index contributed by atoms with van der Waals surface area (Å²) in [6.07, 6.45) is 3.41. The molecule has 134 valence electrons. The van der Waals surface area contributed by atoms with Gasteiger partial charge in [0.25, 0.3) is 0 Å². The van der Waals surface area contributed by atoms with E-state index in [0.29, 0.717) is 0 Å². The molecule has 2 rings (SSSR count). The van der Waals surface area contributed by atoms with Gasteiger partial charge in [0, 0.05) is 0 Å². The minimum absolute atomic E-state index is 0.112. The lowest BCUT2D eigenvalue weighted by molar-refractivity contribution is 0.0258. The minimum Gasteiger partial charge on any atom is -0.486 e. The predicted octanol–water partition coefficient (Wildman–Crippen LogP) is 5.53. The van der Waals surface area contributed by atoms with Crippen LogP contribution in [0, 0.1) is 5.82 Å². The number of rotatable bonds is 9. The van der Waals surface area contributed by atoms with Gasteiger partial charge in [0.15, 0.2) is 11.6 Å². The highest BCUT2D eigenvalue weighted by Gasteiger charge is 2.16. The van der Waals surface area contributed by atoms with Crippen LogP contribution in [0.3, 0.4) is 0 Å². The summed E-state index contributed by atoms with van der Waals surface area (Å²) in [6.45, 7) is 4.38.